The molecule has 1 rings (SSSR count). The van der Waals surface area contributed by atoms with Gasteiger partial charge in [0, 0.05) is 13.6 Å². The Hall–Kier alpha value is -1.72. The third-order valence-corrected chi connectivity index (χ3v) is 3.63. The first-order chi connectivity index (χ1) is 12.8. The minimum atomic E-state index is -4.41. The molecule has 0 saturated carbocycles. The van der Waals surface area contributed by atoms with Crippen LogP contribution >= 0.6 is 24.0 Å². The summed E-state index contributed by atoms with van der Waals surface area (Å²) in [5.74, 6) is 0.417. The van der Waals surface area contributed by atoms with E-state index in [1.54, 1.807) is 7.05 Å². The summed E-state index contributed by atoms with van der Waals surface area (Å²) >= 11 is 0. The van der Waals surface area contributed by atoms with E-state index in [0.29, 0.717) is 25.5 Å². The zero-order valence-corrected chi connectivity index (χ0v) is 18.6. The van der Waals surface area contributed by atoms with Crippen molar-refractivity contribution in [2.75, 3.05) is 26.7 Å². The molecule has 1 aromatic rings. The van der Waals surface area contributed by atoms with Gasteiger partial charge in [0.15, 0.2) is 5.96 Å². The zero-order valence-electron chi connectivity index (χ0n) is 16.2. The van der Waals surface area contributed by atoms with Crippen LogP contribution in [0, 0.1) is 0 Å². The SMILES string of the molecule is CCCNC(=O)CNC(=NC)NCC(CC)Oc1cccc(C(F)(F)F)c1.I. The number of carbonyl (C=O) groups is 1. The van der Waals surface area contributed by atoms with E-state index in [1.165, 1.54) is 12.1 Å². The molecule has 10 heteroatoms. The molecule has 0 bridgehead atoms. The number of aliphatic imine (C=N–C) groups is 1. The average Bonchev–Trinajstić information content (AvgIpc) is 2.64. The topological polar surface area (TPSA) is 74.8 Å². The third-order valence-electron chi connectivity index (χ3n) is 3.63. The molecule has 28 heavy (non-hydrogen) atoms. The van der Waals surface area contributed by atoms with Gasteiger partial charge >= 0.3 is 6.18 Å². The first-order valence-corrected chi connectivity index (χ1v) is 8.85. The minimum absolute atomic E-state index is 0. The lowest BCUT2D eigenvalue weighted by Crippen LogP contribution is -2.46. The summed E-state index contributed by atoms with van der Waals surface area (Å²) in [4.78, 5) is 15.6. The van der Waals surface area contributed by atoms with Crippen LogP contribution in [0.4, 0.5) is 13.2 Å². The van der Waals surface area contributed by atoms with E-state index in [-0.39, 0.29) is 48.3 Å². The maximum Gasteiger partial charge on any atom is 0.416 e. The third kappa shape index (κ3) is 10.00. The number of amides is 1. The summed E-state index contributed by atoms with van der Waals surface area (Å²) in [6.07, 6.45) is -3.34. The highest BCUT2D eigenvalue weighted by Gasteiger charge is 2.30. The van der Waals surface area contributed by atoms with Crippen molar-refractivity contribution in [1.29, 1.82) is 0 Å². The molecule has 0 aliphatic carbocycles. The molecule has 0 aliphatic rings. The Balaban J connectivity index is 0.00000729. The van der Waals surface area contributed by atoms with Crippen molar-refractivity contribution < 1.29 is 22.7 Å². The number of nitrogens with one attached hydrogen (secondary N) is 3. The molecular weight excluding hydrogens is 488 g/mol. The summed E-state index contributed by atoms with van der Waals surface area (Å²) < 4.78 is 44.0. The van der Waals surface area contributed by atoms with Gasteiger partial charge in [-0.25, -0.2) is 0 Å². The second kappa shape index (κ2) is 13.5. The van der Waals surface area contributed by atoms with Crippen molar-refractivity contribution in [2.24, 2.45) is 4.99 Å². The van der Waals surface area contributed by atoms with Crippen LogP contribution in [0.15, 0.2) is 29.3 Å². The number of hydrogen-bond donors (Lipinski definition) is 3. The van der Waals surface area contributed by atoms with Crippen LogP contribution in [0.5, 0.6) is 5.75 Å². The molecule has 0 aromatic heterocycles. The van der Waals surface area contributed by atoms with Crippen molar-refractivity contribution >= 4 is 35.8 Å². The van der Waals surface area contributed by atoms with Crippen molar-refractivity contribution in [2.45, 2.75) is 39.0 Å². The van der Waals surface area contributed by atoms with E-state index in [0.717, 1.165) is 18.6 Å². The summed E-state index contributed by atoms with van der Waals surface area (Å²) in [5.41, 5.74) is -0.751. The number of guanidine groups is 1. The Labute approximate surface area is 180 Å². The fraction of sp³-hybridized carbons (Fsp3) is 0.556. The standard InChI is InChI=1S/C18H27F3N4O2.HI/c1-4-9-23-16(26)12-25-17(22-3)24-11-14(5-2)27-15-8-6-7-13(10-15)18(19,20)21;/h6-8,10,14H,4-5,9,11-12H2,1-3H3,(H,23,26)(H2,22,24,25);1H. The molecule has 1 aromatic carbocycles. The van der Waals surface area contributed by atoms with Gasteiger partial charge in [0.05, 0.1) is 18.7 Å². The largest absolute Gasteiger partial charge is 0.489 e. The predicted octanol–water partition coefficient (Wildman–Crippen LogP) is 3.17. The lowest BCUT2D eigenvalue weighted by atomic mass is 10.2. The molecule has 1 atom stereocenters. The van der Waals surface area contributed by atoms with E-state index < -0.39 is 11.7 Å². The molecule has 0 fully saturated rings. The number of ether oxygens (including phenoxy) is 1. The fourth-order valence-electron chi connectivity index (χ4n) is 2.13. The zero-order chi connectivity index (χ0) is 20.3. The fourth-order valence-corrected chi connectivity index (χ4v) is 2.13. The minimum Gasteiger partial charge on any atom is -0.489 e. The van der Waals surface area contributed by atoms with Gasteiger partial charge < -0.3 is 20.7 Å². The van der Waals surface area contributed by atoms with Gasteiger partial charge in [-0.05, 0) is 31.0 Å². The summed E-state index contributed by atoms with van der Waals surface area (Å²) in [7, 11) is 1.56. The number of benzene rings is 1. The highest BCUT2D eigenvalue weighted by Crippen LogP contribution is 2.31. The summed E-state index contributed by atoms with van der Waals surface area (Å²) in [5, 5.41) is 8.62. The average molecular weight is 516 g/mol. The number of rotatable bonds is 9. The molecule has 0 aliphatic heterocycles. The first kappa shape index (κ1) is 26.3. The summed E-state index contributed by atoms with van der Waals surface area (Å²) in [6, 6.07) is 4.78. The van der Waals surface area contributed by atoms with E-state index in [4.69, 9.17) is 4.74 Å². The monoisotopic (exact) mass is 516 g/mol. The second-order valence-electron chi connectivity index (χ2n) is 5.83. The van der Waals surface area contributed by atoms with Gasteiger partial charge in [-0.15, -0.1) is 24.0 Å². The van der Waals surface area contributed by atoms with Crippen LogP contribution in [0.3, 0.4) is 0 Å². The molecule has 3 N–H and O–H groups in total. The van der Waals surface area contributed by atoms with Gasteiger partial charge in [0.2, 0.25) is 5.91 Å². The molecular formula is C18H28F3IN4O2. The highest BCUT2D eigenvalue weighted by molar-refractivity contribution is 14.0. The van der Waals surface area contributed by atoms with Gasteiger partial charge in [-0.1, -0.05) is 19.9 Å². The van der Waals surface area contributed by atoms with Crippen LogP contribution in [0.1, 0.15) is 32.3 Å². The Morgan fingerprint density at radius 2 is 1.93 bits per heavy atom. The van der Waals surface area contributed by atoms with E-state index >= 15 is 0 Å². The van der Waals surface area contributed by atoms with E-state index in [2.05, 4.69) is 20.9 Å². The van der Waals surface area contributed by atoms with Crippen molar-refractivity contribution in [3.05, 3.63) is 29.8 Å². The molecule has 0 saturated heterocycles. The Kier molecular flexibility index (Phi) is 12.6. The second-order valence-corrected chi connectivity index (χ2v) is 5.83. The molecule has 1 unspecified atom stereocenters. The van der Waals surface area contributed by atoms with Crippen molar-refractivity contribution in [1.82, 2.24) is 16.0 Å². The smallest absolute Gasteiger partial charge is 0.416 e. The maximum atomic E-state index is 12.8. The van der Waals surface area contributed by atoms with E-state index in [1.807, 2.05) is 13.8 Å². The number of alkyl halides is 3. The number of carbonyl (C=O) groups excluding carboxylic acids is 1. The van der Waals surface area contributed by atoms with Gasteiger partial charge in [0.1, 0.15) is 11.9 Å². The van der Waals surface area contributed by atoms with Gasteiger partial charge in [-0.3, -0.25) is 9.79 Å². The van der Waals surface area contributed by atoms with Gasteiger partial charge in [-0.2, -0.15) is 13.2 Å². The van der Waals surface area contributed by atoms with Crippen molar-refractivity contribution in [3.63, 3.8) is 0 Å². The molecule has 1 amide bonds. The Morgan fingerprint density at radius 3 is 2.50 bits per heavy atom. The summed E-state index contributed by atoms with van der Waals surface area (Å²) in [6.45, 7) is 4.83. The van der Waals surface area contributed by atoms with E-state index in [9.17, 15) is 18.0 Å². The van der Waals surface area contributed by atoms with Crippen LogP contribution in [0.2, 0.25) is 0 Å². The predicted molar refractivity (Wildman–Crippen MR) is 114 cm³/mol. The normalized spacial score (nSPS) is 12.6. The van der Waals surface area contributed by atoms with Gasteiger partial charge in [0.25, 0.3) is 0 Å². The molecule has 160 valence electrons. The lowest BCUT2D eigenvalue weighted by Gasteiger charge is -2.20. The quantitative estimate of drug-likeness (QED) is 0.268. The van der Waals surface area contributed by atoms with Crippen LogP contribution in [-0.4, -0.2) is 44.7 Å². The van der Waals surface area contributed by atoms with Crippen LogP contribution in [-0.2, 0) is 11.0 Å². The molecule has 6 nitrogen and oxygen atoms in total. The lowest BCUT2D eigenvalue weighted by molar-refractivity contribution is -0.137. The maximum absolute atomic E-state index is 12.8. The molecule has 0 radical (unpaired) electrons. The molecule has 0 heterocycles. The Morgan fingerprint density at radius 1 is 1.21 bits per heavy atom. The Bertz CT molecular complexity index is 627. The first-order valence-electron chi connectivity index (χ1n) is 8.85. The van der Waals surface area contributed by atoms with Crippen LogP contribution < -0.4 is 20.7 Å². The number of hydrogen-bond acceptors (Lipinski definition) is 3. The number of nitrogens with zero attached hydrogens (tertiary/aromatic N) is 1. The highest BCUT2D eigenvalue weighted by atomic mass is 127. The van der Waals surface area contributed by atoms with Crippen LogP contribution in [0.25, 0.3) is 0 Å². The molecule has 0 spiro atoms. The van der Waals surface area contributed by atoms with Crippen molar-refractivity contribution in [3.8, 4) is 5.75 Å². The number of halogens is 4.